The van der Waals surface area contributed by atoms with E-state index in [4.69, 9.17) is 11.6 Å². The number of sulfonamides is 1. The molecule has 2 aliphatic heterocycles. The third-order valence-corrected chi connectivity index (χ3v) is 12.0. The average Bonchev–Trinajstić information content (AvgIpc) is 3.52. The van der Waals surface area contributed by atoms with Crippen LogP contribution in [-0.2, 0) is 40.7 Å². The van der Waals surface area contributed by atoms with Gasteiger partial charge in [0.2, 0.25) is 15.9 Å². The number of carbonyl (C=O) groups excluding carboxylic acids is 1. The van der Waals surface area contributed by atoms with Gasteiger partial charge in [-0.15, -0.1) is 0 Å². The smallest absolute Gasteiger partial charge is 0.243 e. The van der Waals surface area contributed by atoms with Crippen LogP contribution in [0.2, 0.25) is 5.02 Å². The first-order chi connectivity index (χ1) is 21.8. The minimum absolute atomic E-state index is 0.0428. The summed E-state index contributed by atoms with van der Waals surface area (Å²) >= 11 is 6.32. The minimum Gasteiger partial charge on any atom is -0.367 e. The lowest BCUT2D eigenvalue weighted by molar-refractivity contribution is -0.123. The fraction of sp³-hybridized carbons (Fsp3) is 0.361. The molecule has 1 N–H and O–H groups in total. The molecule has 0 spiro atoms. The molecular formula is C36H39ClN4O3S. The molecule has 3 aliphatic rings. The molecule has 0 fully saturated rings. The first kappa shape index (κ1) is 30.1. The number of benzene rings is 3. The molecule has 1 aliphatic carbocycles. The Kier molecular flexibility index (Phi) is 8.23. The molecule has 234 valence electrons. The molecule has 0 radical (unpaired) electrons. The van der Waals surface area contributed by atoms with Crippen LogP contribution in [0.5, 0.6) is 0 Å². The summed E-state index contributed by atoms with van der Waals surface area (Å²) in [6.07, 6.45) is 7.14. The van der Waals surface area contributed by atoms with E-state index < -0.39 is 16.1 Å². The van der Waals surface area contributed by atoms with E-state index in [1.54, 1.807) is 12.1 Å². The maximum absolute atomic E-state index is 13.9. The van der Waals surface area contributed by atoms with Crippen molar-refractivity contribution in [1.29, 1.82) is 0 Å². The van der Waals surface area contributed by atoms with Gasteiger partial charge in [-0.1, -0.05) is 54.1 Å². The Morgan fingerprint density at radius 3 is 2.64 bits per heavy atom. The van der Waals surface area contributed by atoms with Crippen molar-refractivity contribution in [3.8, 4) is 0 Å². The third kappa shape index (κ3) is 5.91. The van der Waals surface area contributed by atoms with Crippen molar-refractivity contribution < 1.29 is 13.2 Å². The lowest BCUT2D eigenvalue weighted by Crippen LogP contribution is -2.44. The van der Waals surface area contributed by atoms with E-state index in [1.165, 1.54) is 44.7 Å². The Morgan fingerprint density at radius 1 is 0.933 bits per heavy atom. The summed E-state index contributed by atoms with van der Waals surface area (Å²) in [6, 6.07) is 23.4. The van der Waals surface area contributed by atoms with E-state index in [9.17, 15) is 13.2 Å². The summed E-state index contributed by atoms with van der Waals surface area (Å²) < 4.78 is 31.3. The Balaban J connectivity index is 1.09. The van der Waals surface area contributed by atoms with Gasteiger partial charge in [-0.3, -0.25) is 4.79 Å². The number of aryl methyl sites for hydroxylation is 3. The SMILES string of the molecule is Cc1ccc(S(=O)(=O)N2CCn3cccc3C2CC(=O)NC2CCCc3cc(CN4CCCc5ccccc54)ccc32)cc1Cl. The van der Waals surface area contributed by atoms with Crippen LogP contribution < -0.4 is 10.2 Å². The van der Waals surface area contributed by atoms with Crippen LogP contribution in [0.3, 0.4) is 0 Å². The van der Waals surface area contributed by atoms with Gasteiger partial charge >= 0.3 is 0 Å². The number of carbonyl (C=O) groups is 1. The summed E-state index contributed by atoms with van der Waals surface area (Å²) in [7, 11) is -3.88. The molecule has 7 rings (SSSR count). The topological polar surface area (TPSA) is 74.6 Å². The fourth-order valence-corrected chi connectivity index (χ4v) is 9.21. The quantitative estimate of drug-likeness (QED) is 0.243. The monoisotopic (exact) mass is 642 g/mol. The van der Waals surface area contributed by atoms with Crippen molar-refractivity contribution in [2.75, 3.05) is 18.0 Å². The second-order valence-corrected chi connectivity index (χ2v) is 14.9. The molecule has 9 heteroatoms. The van der Waals surface area contributed by atoms with E-state index in [1.807, 2.05) is 29.8 Å². The number of nitrogens with one attached hydrogen (secondary N) is 1. The molecule has 0 bridgehead atoms. The largest absolute Gasteiger partial charge is 0.367 e. The van der Waals surface area contributed by atoms with Crippen LogP contribution in [0.25, 0.3) is 0 Å². The minimum atomic E-state index is -3.88. The number of amides is 1. The molecule has 0 saturated heterocycles. The van der Waals surface area contributed by atoms with E-state index >= 15 is 0 Å². The van der Waals surface area contributed by atoms with Crippen molar-refractivity contribution in [2.24, 2.45) is 0 Å². The first-order valence-electron chi connectivity index (χ1n) is 15.9. The second-order valence-electron chi connectivity index (χ2n) is 12.6. The molecule has 3 aromatic carbocycles. The third-order valence-electron chi connectivity index (χ3n) is 9.68. The Morgan fingerprint density at radius 2 is 1.78 bits per heavy atom. The summed E-state index contributed by atoms with van der Waals surface area (Å²) in [5.74, 6) is -0.149. The van der Waals surface area contributed by atoms with Crippen molar-refractivity contribution >= 4 is 33.2 Å². The standard InChI is InChI=1S/C36H39ClN4O3S/c1-25-13-15-29(22-31(25)37)45(43,44)41-20-19-39-17-6-12-34(39)35(41)23-36(42)38-32-10-4-8-28-21-26(14-16-30(28)32)24-40-18-5-9-27-7-2-3-11-33(27)40/h2-3,6-7,11-17,21-22,32,35H,4-5,8-10,18-20,23-24H2,1H3,(H,38,42). The summed E-state index contributed by atoms with van der Waals surface area (Å²) in [4.78, 5) is 16.3. The van der Waals surface area contributed by atoms with Gasteiger partial charge < -0.3 is 14.8 Å². The number of para-hydroxylation sites is 1. The molecule has 2 atom stereocenters. The lowest BCUT2D eigenvalue weighted by atomic mass is 9.86. The summed E-state index contributed by atoms with van der Waals surface area (Å²) in [5.41, 5.74) is 8.15. The highest BCUT2D eigenvalue weighted by Crippen LogP contribution is 2.37. The summed E-state index contributed by atoms with van der Waals surface area (Å²) in [6.45, 7) is 4.59. The average molecular weight is 643 g/mol. The van der Waals surface area contributed by atoms with Crippen LogP contribution in [0.1, 0.15) is 71.3 Å². The zero-order valence-electron chi connectivity index (χ0n) is 25.6. The van der Waals surface area contributed by atoms with Gasteiger partial charge in [0, 0.05) is 55.2 Å². The normalized spacial score (nSPS) is 19.8. The maximum Gasteiger partial charge on any atom is 0.243 e. The van der Waals surface area contributed by atoms with Crippen molar-refractivity contribution in [3.63, 3.8) is 0 Å². The van der Waals surface area contributed by atoms with Crippen LogP contribution in [0.4, 0.5) is 5.69 Å². The number of rotatable bonds is 7. The lowest BCUT2D eigenvalue weighted by Gasteiger charge is -2.36. The maximum atomic E-state index is 13.9. The van der Waals surface area contributed by atoms with Crippen LogP contribution in [0, 0.1) is 6.92 Å². The Hall–Kier alpha value is -3.59. The van der Waals surface area contributed by atoms with E-state index in [0.717, 1.165) is 50.0 Å². The Labute approximate surface area is 270 Å². The number of hydrogen-bond donors (Lipinski definition) is 1. The number of nitrogens with zero attached hydrogens (tertiary/aromatic N) is 3. The molecule has 45 heavy (non-hydrogen) atoms. The van der Waals surface area contributed by atoms with Crippen LogP contribution in [-0.4, -0.2) is 36.3 Å². The number of hydrogen-bond acceptors (Lipinski definition) is 4. The van der Waals surface area contributed by atoms with Crippen molar-refractivity contribution in [1.82, 2.24) is 14.2 Å². The van der Waals surface area contributed by atoms with Gasteiger partial charge in [-0.05, 0) is 97.2 Å². The number of fused-ring (bicyclic) bond motifs is 3. The van der Waals surface area contributed by atoms with E-state index in [-0.39, 0.29) is 29.8 Å². The van der Waals surface area contributed by atoms with Crippen molar-refractivity contribution in [3.05, 3.63) is 118 Å². The van der Waals surface area contributed by atoms with Gasteiger partial charge in [0.1, 0.15) is 0 Å². The zero-order valence-corrected chi connectivity index (χ0v) is 27.2. The predicted octanol–water partition coefficient (Wildman–Crippen LogP) is 6.73. The van der Waals surface area contributed by atoms with E-state index in [0.29, 0.717) is 11.6 Å². The molecule has 1 amide bonds. The molecular weight excluding hydrogens is 604 g/mol. The fourth-order valence-electron chi connectivity index (χ4n) is 7.35. The van der Waals surface area contributed by atoms with E-state index in [2.05, 4.69) is 52.7 Å². The highest BCUT2D eigenvalue weighted by molar-refractivity contribution is 7.89. The van der Waals surface area contributed by atoms with Crippen LogP contribution in [0.15, 0.2) is 83.9 Å². The van der Waals surface area contributed by atoms with Gasteiger partial charge in [0.25, 0.3) is 0 Å². The van der Waals surface area contributed by atoms with Gasteiger partial charge in [-0.25, -0.2) is 8.42 Å². The number of halogens is 1. The highest BCUT2D eigenvalue weighted by atomic mass is 35.5. The molecule has 3 heterocycles. The second kappa shape index (κ2) is 12.3. The van der Waals surface area contributed by atoms with Gasteiger partial charge in [0.05, 0.1) is 17.0 Å². The highest BCUT2D eigenvalue weighted by Gasteiger charge is 2.38. The van der Waals surface area contributed by atoms with Gasteiger partial charge in [0.15, 0.2) is 0 Å². The molecule has 4 aromatic rings. The molecule has 7 nitrogen and oxygen atoms in total. The zero-order chi connectivity index (χ0) is 31.1. The predicted molar refractivity (Wildman–Crippen MR) is 178 cm³/mol. The van der Waals surface area contributed by atoms with Gasteiger partial charge in [-0.2, -0.15) is 4.31 Å². The Bertz CT molecular complexity index is 1850. The van der Waals surface area contributed by atoms with Crippen molar-refractivity contribution in [2.45, 2.75) is 75.5 Å². The first-order valence-corrected chi connectivity index (χ1v) is 17.8. The molecule has 0 saturated carbocycles. The summed E-state index contributed by atoms with van der Waals surface area (Å²) in [5, 5.41) is 3.69. The number of anilines is 1. The van der Waals surface area contributed by atoms with Crippen LogP contribution >= 0.6 is 11.6 Å². The molecule has 1 aromatic heterocycles. The molecule has 2 unspecified atom stereocenters. The number of aromatic nitrogens is 1.